The monoisotopic (exact) mass is 199 g/mol. The molecule has 1 saturated carbocycles. The Morgan fingerprint density at radius 3 is 2.29 bits per heavy atom. The molecule has 1 aliphatic rings. The molecule has 1 rings (SSSR count). The Balaban J connectivity index is 2.13. The fraction of sp³-hybridized carbons (Fsp3) is 1.00. The van der Waals surface area contributed by atoms with Crippen LogP contribution in [0.1, 0.15) is 40.5 Å². The summed E-state index contributed by atoms with van der Waals surface area (Å²) in [6.07, 6.45) is 2.73. The van der Waals surface area contributed by atoms with E-state index in [1.165, 1.54) is 12.8 Å². The number of nitrogens with one attached hydrogen (secondary N) is 1. The lowest BCUT2D eigenvalue weighted by atomic mass is 9.74. The molecule has 14 heavy (non-hydrogen) atoms. The Hall–Kier alpha value is -0.0800. The molecule has 2 heteroatoms. The maximum atomic E-state index is 5.47. The van der Waals surface area contributed by atoms with E-state index in [0.29, 0.717) is 0 Å². The lowest BCUT2D eigenvalue weighted by Gasteiger charge is -2.38. The highest BCUT2D eigenvalue weighted by molar-refractivity contribution is 4.84. The Labute approximate surface area is 88.4 Å². The average molecular weight is 199 g/mol. The summed E-state index contributed by atoms with van der Waals surface area (Å²) >= 11 is 0. The van der Waals surface area contributed by atoms with E-state index in [2.05, 4.69) is 33.0 Å². The lowest BCUT2D eigenvalue weighted by Crippen LogP contribution is -2.44. The molecule has 1 aliphatic carbocycles. The molecule has 0 spiro atoms. The molecule has 0 heterocycles. The summed E-state index contributed by atoms with van der Waals surface area (Å²) in [5.41, 5.74) is 0.256. The third kappa shape index (κ3) is 3.97. The Morgan fingerprint density at radius 1 is 1.21 bits per heavy atom. The quantitative estimate of drug-likeness (QED) is 0.734. The van der Waals surface area contributed by atoms with E-state index in [1.54, 1.807) is 0 Å². The molecular weight excluding hydrogens is 174 g/mol. The predicted octanol–water partition coefficient (Wildman–Crippen LogP) is 2.44. The molecule has 84 valence electrons. The molecule has 1 N–H and O–H groups in total. The van der Waals surface area contributed by atoms with Crippen LogP contribution in [0, 0.1) is 11.8 Å². The molecule has 0 amide bonds. The van der Waals surface area contributed by atoms with Gasteiger partial charge in [-0.25, -0.2) is 0 Å². The van der Waals surface area contributed by atoms with Crippen molar-refractivity contribution in [3.63, 3.8) is 0 Å². The van der Waals surface area contributed by atoms with Gasteiger partial charge in [-0.15, -0.1) is 0 Å². The molecule has 2 atom stereocenters. The first-order valence-corrected chi connectivity index (χ1v) is 5.85. The summed E-state index contributed by atoms with van der Waals surface area (Å²) in [6.45, 7) is 11.7. The minimum absolute atomic E-state index is 0.256. The van der Waals surface area contributed by atoms with E-state index in [9.17, 15) is 0 Å². The molecule has 0 aromatic heterocycles. The number of ether oxygens (including phenoxy) is 1. The van der Waals surface area contributed by atoms with Crippen LogP contribution in [0.4, 0.5) is 0 Å². The van der Waals surface area contributed by atoms with Gasteiger partial charge in [-0.1, -0.05) is 0 Å². The lowest BCUT2D eigenvalue weighted by molar-refractivity contribution is 0.0355. The smallest absolute Gasteiger partial charge is 0.0497 e. The molecule has 2 nitrogen and oxygen atoms in total. The van der Waals surface area contributed by atoms with Gasteiger partial charge in [0, 0.05) is 18.8 Å². The van der Waals surface area contributed by atoms with Gasteiger partial charge in [0.1, 0.15) is 0 Å². The van der Waals surface area contributed by atoms with E-state index in [0.717, 1.165) is 31.6 Å². The molecule has 2 unspecified atom stereocenters. The van der Waals surface area contributed by atoms with Crippen LogP contribution in [-0.2, 0) is 4.74 Å². The van der Waals surface area contributed by atoms with Gasteiger partial charge in [0.15, 0.2) is 0 Å². The second-order valence-corrected chi connectivity index (χ2v) is 5.39. The van der Waals surface area contributed by atoms with Gasteiger partial charge in [0.05, 0.1) is 0 Å². The summed E-state index contributed by atoms with van der Waals surface area (Å²) < 4.78 is 5.47. The van der Waals surface area contributed by atoms with Gasteiger partial charge in [0.25, 0.3) is 0 Å². The van der Waals surface area contributed by atoms with E-state index in [4.69, 9.17) is 4.74 Å². The van der Waals surface area contributed by atoms with Crippen LogP contribution in [0.15, 0.2) is 0 Å². The van der Waals surface area contributed by atoms with Crippen molar-refractivity contribution in [3.05, 3.63) is 0 Å². The fourth-order valence-electron chi connectivity index (χ4n) is 1.83. The minimum atomic E-state index is 0.256. The highest BCUT2D eigenvalue weighted by atomic mass is 16.5. The highest BCUT2D eigenvalue weighted by Gasteiger charge is 2.31. The first kappa shape index (κ1) is 12.0. The third-order valence-corrected chi connectivity index (χ3v) is 3.01. The molecule has 0 saturated heterocycles. The van der Waals surface area contributed by atoms with Crippen LogP contribution in [0.2, 0.25) is 0 Å². The third-order valence-electron chi connectivity index (χ3n) is 3.01. The van der Waals surface area contributed by atoms with Gasteiger partial charge in [-0.3, -0.25) is 0 Å². The van der Waals surface area contributed by atoms with Crippen LogP contribution >= 0.6 is 0 Å². The zero-order valence-corrected chi connectivity index (χ0v) is 10.1. The van der Waals surface area contributed by atoms with Gasteiger partial charge in [-0.2, -0.15) is 0 Å². The van der Waals surface area contributed by atoms with E-state index >= 15 is 0 Å². The summed E-state index contributed by atoms with van der Waals surface area (Å²) in [5, 5.41) is 3.57. The maximum absolute atomic E-state index is 5.47. The highest BCUT2D eigenvalue weighted by Crippen LogP contribution is 2.34. The van der Waals surface area contributed by atoms with Crippen molar-refractivity contribution in [3.8, 4) is 0 Å². The first-order chi connectivity index (χ1) is 6.53. The Bertz CT molecular complexity index is 162. The van der Waals surface area contributed by atoms with Crippen molar-refractivity contribution < 1.29 is 4.74 Å². The first-order valence-electron chi connectivity index (χ1n) is 5.85. The largest absolute Gasteiger partial charge is 0.381 e. The molecule has 0 aromatic rings. The van der Waals surface area contributed by atoms with Crippen molar-refractivity contribution in [1.29, 1.82) is 0 Å². The van der Waals surface area contributed by atoms with Crippen LogP contribution in [0.5, 0.6) is 0 Å². The fourth-order valence-corrected chi connectivity index (χ4v) is 1.83. The minimum Gasteiger partial charge on any atom is -0.381 e. The summed E-state index contributed by atoms with van der Waals surface area (Å²) in [4.78, 5) is 0. The number of rotatable bonds is 5. The van der Waals surface area contributed by atoms with Crippen molar-refractivity contribution in [1.82, 2.24) is 5.32 Å². The normalized spacial score (nSPS) is 27.4. The predicted molar refractivity (Wildman–Crippen MR) is 60.5 cm³/mol. The second kappa shape index (κ2) is 5.13. The van der Waals surface area contributed by atoms with Gasteiger partial charge in [-0.05, 0) is 58.9 Å². The standard InChI is InChI=1S/C12H25NO/c1-5-14-9-11-7-6-10(11)8-13-12(2,3)4/h10-11,13H,5-9H2,1-4H3. The van der Waals surface area contributed by atoms with Gasteiger partial charge < -0.3 is 10.1 Å². The Kier molecular flexibility index (Phi) is 4.39. The molecule has 1 fully saturated rings. The number of hydrogen-bond acceptors (Lipinski definition) is 2. The molecule has 0 bridgehead atoms. The molecule has 0 aliphatic heterocycles. The zero-order valence-electron chi connectivity index (χ0n) is 10.1. The van der Waals surface area contributed by atoms with Crippen LogP contribution < -0.4 is 5.32 Å². The Morgan fingerprint density at radius 2 is 1.86 bits per heavy atom. The van der Waals surface area contributed by atoms with Gasteiger partial charge in [0.2, 0.25) is 0 Å². The van der Waals surface area contributed by atoms with Crippen molar-refractivity contribution in [2.24, 2.45) is 11.8 Å². The summed E-state index contributed by atoms with van der Waals surface area (Å²) in [5.74, 6) is 1.66. The average Bonchev–Trinajstić information content (AvgIpc) is 2.01. The van der Waals surface area contributed by atoms with Crippen LogP contribution in [0.25, 0.3) is 0 Å². The summed E-state index contributed by atoms with van der Waals surface area (Å²) in [6, 6.07) is 0. The van der Waals surface area contributed by atoms with Crippen LogP contribution in [0.3, 0.4) is 0 Å². The molecular formula is C12H25NO. The topological polar surface area (TPSA) is 21.3 Å². The van der Waals surface area contributed by atoms with E-state index < -0.39 is 0 Å². The van der Waals surface area contributed by atoms with Crippen molar-refractivity contribution >= 4 is 0 Å². The molecule has 0 radical (unpaired) electrons. The second-order valence-electron chi connectivity index (χ2n) is 5.39. The summed E-state index contributed by atoms with van der Waals surface area (Å²) in [7, 11) is 0. The van der Waals surface area contributed by atoms with Crippen molar-refractivity contribution in [2.75, 3.05) is 19.8 Å². The molecule has 0 aromatic carbocycles. The van der Waals surface area contributed by atoms with E-state index in [1.807, 2.05) is 0 Å². The number of hydrogen-bond donors (Lipinski definition) is 1. The van der Waals surface area contributed by atoms with Crippen molar-refractivity contribution in [2.45, 2.75) is 46.1 Å². The van der Waals surface area contributed by atoms with Crippen LogP contribution in [-0.4, -0.2) is 25.3 Å². The van der Waals surface area contributed by atoms with E-state index in [-0.39, 0.29) is 5.54 Å². The maximum Gasteiger partial charge on any atom is 0.0497 e. The van der Waals surface area contributed by atoms with Gasteiger partial charge >= 0.3 is 0 Å². The zero-order chi connectivity index (χ0) is 10.6. The SMILES string of the molecule is CCOCC1CCC1CNC(C)(C)C.